The standard InChI is InChI=1S/C10H14ClNO/c1-12-6-8-5-9(11)10(13-8)7-3-2-4-7/h5,7,12H,2-4,6H2,1H3. The van der Waals surface area contributed by atoms with Crippen LogP contribution in [0.4, 0.5) is 0 Å². The molecule has 1 aliphatic carbocycles. The Balaban J connectivity index is 2.15. The molecule has 2 rings (SSSR count). The maximum Gasteiger partial charge on any atom is 0.125 e. The van der Waals surface area contributed by atoms with Gasteiger partial charge in [-0.25, -0.2) is 0 Å². The van der Waals surface area contributed by atoms with Crippen molar-refractivity contribution in [1.29, 1.82) is 0 Å². The third kappa shape index (κ3) is 1.74. The number of rotatable bonds is 3. The normalized spacial score (nSPS) is 17.4. The molecule has 1 N–H and O–H groups in total. The molecule has 0 unspecified atom stereocenters. The molecule has 0 bridgehead atoms. The van der Waals surface area contributed by atoms with Crippen molar-refractivity contribution in [3.05, 3.63) is 22.6 Å². The molecule has 0 amide bonds. The molecule has 1 aliphatic rings. The SMILES string of the molecule is CNCc1cc(Cl)c(C2CCC2)o1. The summed E-state index contributed by atoms with van der Waals surface area (Å²) in [5, 5.41) is 3.85. The van der Waals surface area contributed by atoms with Crippen LogP contribution >= 0.6 is 11.6 Å². The minimum Gasteiger partial charge on any atom is -0.463 e. The third-order valence-corrected chi connectivity index (χ3v) is 2.89. The van der Waals surface area contributed by atoms with E-state index in [0.29, 0.717) is 5.92 Å². The first-order valence-electron chi connectivity index (χ1n) is 4.74. The second-order valence-corrected chi connectivity index (χ2v) is 3.99. The zero-order valence-corrected chi connectivity index (χ0v) is 8.53. The van der Waals surface area contributed by atoms with Gasteiger partial charge in [0.1, 0.15) is 11.5 Å². The Labute approximate surface area is 83.3 Å². The van der Waals surface area contributed by atoms with E-state index in [0.717, 1.165) is 23.1 Å². The van der Waals surface area contributed by atoms with Crippen LogP contribution in [0.15, 0.2) is 10.5 Å². The predicted molar refractivity (Wildman–Crippen MR) is 53.1 cm³/mol. The lowest BCUT2D eigenvalue weighted by Gasteiger charge is -2.23. The summed E-state index contributed by atoms with van der Waals surface area (Å²) in [5.74, 6) is 2.52. The number of furan rings is 1. The lowest BCUT2D eigenvalue weighted by molar-refractivity contribution is 0.334. The minimum atomic E-state index is 0.582. The van der Waals surface area contributed by atoms with Gasteiger partial charge in [0.15, 0.2) is 0 Å². The second kappa shape index (κ2) is 3.72. The van der Waals surface area contributed by atoms with E-state index in [9.17, 15) is 0 Å². The summed E-state index contributed by atoms with van der Waals surface area (Å²) in [6, 6.07) is 1.92. The van der Waals surface area contributed by atoms with E-state index in [-0.39, 0.29) is 0 Å². The first-order valence-corrected chi connectivity index (χ1v) is 5.11. The van der Waals surface area contributed by atoms with Gasteiger partial charge in [0.25, 0.3) is 0 Å². The molecular formula is C10H14ClNO. The van der Waals surface area contributed by atoms with Crippen LogP contribution in [-0.2, 0) is 6.54 Å². The smallest absolute Gasteiger partial charge is 0.125 e. The van der Waals surface area contributed by atoms with Gasteiger partial charge < -0.3 is 9.73 Å². The molecule has 1 fully saturated rings. The molecule has 0 saturated heterocycles. The van der Waals surface area contributed by atoms with Crippen molar-refractivity contribution in [2.75, 3.05) is 7.05 Å². The molecule has 1 aromatic rings. The van der Waals surface area contributed by atoms with Gasteiger partial charge in [-0.3, -0.25) is 0 Å². The van der Waals surface area contributed by atoms with Gasteiger partial charge in [-0.15, -0.1) is 0 Å². The van der Waals surface area contributed by atoms with E-state index < -0.39 is 0 Å². The zero-order chi connectivity index (χ0) is 9.26. The first kappa shape index (κ1) is 9.10. The van der Waals surface area contributed by atoms with Crippen molar-refractivity contribution in [1.82, 2.24) is 5.32 Å². The number of halogens is 1. The second-order valence-electron chi connectivity index (χ2n) is 3.58. The summed E-state index contributed by atoms with van der Waals surface area (Å²) in [5.41, 5.74) is 0. The average Bonchev–Trinajstić information content (AvgIpc) is 2.30. The van der Waals surface area contributed by atoms with Gasteiger partial charge in [0, 0.05) is 5.92 Å². The Morgan fingerprint density at radius 1 is 1.62 bits per heavy atom. The Morgan fingerprint density at radius 2 is 2.38 bits per heavy atom. The molecule has 1 heterocycles. The van der Waals surface area contributed by atoms with Crippen LogP contribution in [0.25, 0.3) is 0 Å². The van der Waals surface area contributed by atoms with Crippen molar-refractivity contribution in [2.45, 2.75) is 31.7 Å². The highest BCUT2D eigenvalue weighted by Crippen LogP contribution is 2.40. The Kier molecular flexibility index (Phi) is 2.61. The summed E-state index contributed by atoms with van der Waals surface area (Å²) in [4.78, 5) is 0. The quantitative estimate of drug-likeness (QED) is 0.810. The predicted octanol–water partition coefficient (Wildman–Crippen LogP) is 2.92. The van der Waals surface area contributed by atoms with Crippen LogP contribution in [-0.4, -0.2) is 7.05 Å². The van der Waals surface area contributed by atoms with Crippen molar-refractivity contribution in [3.63, 3.8) is 0 Å². The van der Waals surface area contributed by atoms with Gasteiger partial charge in [0.05, 0.1) is 11.6 Å². The van der Waals surface area contributed by atoms with E-state index in [2.05, 4.69) is 5.32 Å². The van der Waals surface area contributed by atoms with Crippen LogP contribution in [0.1, 0.15) is 36.7 Å². The fourth-order valence-corrected chi connectivity index (χ4v) is 1.96. The third-order valence-electron chi connectivity index (χ3n) is 2.59. The fourth-order valence-electron chi connectivity index (χ4n) is 1.64. The van der Waals surface area contributed by atoms with Crippen LogP contribution in [0, 0.1) is 0 Å². The summed E-state index contributed by atoms with van der Waals surface area (Å²) >= 11 is 6.07. The van der Waals surface area contributed by atoms with Crippen LogP contribution in [0.3, 0.4) is 0 Å². The summed E-state index contributed by atoms with van der Waals surface area (Å²) in [6.45, 7) is 0.756. The van der Waals surface area contributed by atoms with Gasteiger partial charge >= 0.3 is 0 Å². The zero-order valence-electron chi connectivity index (χ0n) is 7.77. The van der Waals surface area contributed by atoms with Crippen LogP contribution in [0.5, 0.6) is 0 Å². The van der Waals surface area contributed by atoms with Gasteiger partial charge in [0.2, 0.25) is 0 Å². The van der Waals surface area contributed by atoms with Crippen molar-refractivity contribution in [2.24, 2.45) is 0 Å². The largest absolute Gasteiger partial charge is 0.463 e. The molecule has 0 spiro atoms. The summed E-state index contributed by atoms with van der Waals surface area (Å²) in [7, 11) is 1.90. The lowest BCUT2D eigenvalue weighted by Crippen LogP contribution is -2.08. The molecule has 0 aliphatic heterocycles. The highest BCUT2D eigenvalue weighted by molar-refractivity contribution is 6.31. The highest BCUT2D eigenvalue weighted by atomic mass is 35.5. The van der Waals surface area contributed by atoms with Crippen LogP contribution in [0.2, 0.25) is 5.02 Å². The molecule has 1 aromatic heterocycles. The van der Waals surface area contributed by atoms with E-state index in [1.165, 1.54) is 19.3 Å². The molecule has 0 aromatic carbocycles. The van der Waals surface area contributed by atoms with Gasteiger partial charge in [-0.2, -0.15) is 0 Å². The molecule has 2 nitrogen and oxygen atoms in total. The number of hydrogen-bond acceptors (Lipinski definition) is 2. The van der Waals surface area contributed by atoms with E-state index >= 15 is 0 Å². The molecular weight excluding hydrogens is 186 g/mol. The maximum atomic E-state index is 6.07. The minimum absolute atomic E-state index is 0.582. The topological polar surface area (TPSA) is 25.2 Å². The van der Waals surface area contributed by atoms with Crippen molar-refractivity contribution >= 4 is 11.6 Å². The molecule has 0 atom stereocenters. The van der Waals surface area contributed by atoms with Crippen molar-refractivity contribution in [3.8, 4) is 0 Å². The number of hydrogen-bond donors (Lipinski definition) is 1. The summed E-state index contributed by atoms with van der Waals surface area (Å²) in [6.07, 6.45) is 3.77. The van der Waals surface area contributed by atoms with Gasteiger partial charge in [-0.05, 0) is 26.0 Å². The molecule has 72 valence electrons. The Bertz CT molecular complexity index is 291. The molecule has 1 saturated carbocycles. The van der Waals surface area contributed by atoms with E-state index in [1.807, 2.05) is 13.1 Å². The Morgan fingerprint density at radius 3 is 2.92 bits per heavy atom. The monoisotopic (exact) mass is 199 g/mol. The van der Waals surface area contributed by atoms with E-state index in [1.54, 1.807) is 0 Å². The fraction of sp³-hybridized carbons (Fsp3) is 0.600. The first-order chi connectivity index (χ1) is 6.31. The highest BCUT2D eigenvalue weighted by Gasteiger charge is 2.25. The Hall–Kier alpha value is -0.470. The molecule has 3 heteroatoms. The molecule has 13 heavy (non-hydrogen) atoms. The summed E-state index contributed by atoms with van der Waals surface area (Å²) < 4.78 is 5.66. The maximum absolute atomic E-state index is 6.07. The lowest BCUT2D eigenvalue weighted by atomic mass is 9.84. The molecule has 0 radical (unpaired) electrons. The number of nitrogens with one attached hydrogen (secondary N) is 1. The van der Waals surface area contributed by atoms with Crippen LogP contribution < -0.4 is 5.32 Å². The van der Waals surface area contributed by atoms with Crippen molar-refractivity contribution < 1.29 is 4.42 Å². The van der Waals surface area contributed by atoms with E-state index in [4.69, 9.17) is 16.0 Å². The average molecular weight is 200 g/mol. The van der Waals surface area contributed by atoms with Gasteiger partial charge in [-0.1, -0.05) is 18.0 Å².